The first-order valence-electron chi connectivity index (χ1n) is 10.3. The van der Waals surface area contributed by atoms with Crippen molar-refractivity contribution in [1.29, 1.82) is 0 Å². The number of halogens is 2. The van der Waals surface area contributed by atoms with Crippen LogP contribution in [0.2, 0.25) is 10.0 Å². The lowest BCUT2D eigenvalue weighted by molar-refractivity contribution is -0.140. The molecule has 1 N–H and O–H groups in total. The Morgan fingerprint density at radius 3 is 2.29 bits per heavy atom. The van der Waals surface area contributed by atoms with Gasteiger partial charge < -0.3 is 10.2 Å². The van der Waals surface area contributed by atoms with Crippen molar-refractivity contribution in [3.63, 3.8) is 0 Å². The normalized spacial score (nSPS) is 12.3. The maximum Gasteiger partial charge on any atom is 0.243 e. The standard InChI is InChI=1S/C24H30Cl2N2O2S/c1-5-21(23(30)27-24(2,3)4)28(14-17-9-11-19(25)12-10-17)22(29)16-31-15-18-7-6-8-20(26)13-18/h6-13,21H,5,14-16H2,1-4H3,(H,27,30)/t21-/m1/s1. The molecule has 0 unspecified atom stereocenters. The quantitative estimate of drug-likeness (QED) is 0.482. The SMILES string of the molecule is CC[C@H](C(=O)NC(C)(C)C)N(Cc1ccc(Cl)cc1)C(=O)CSCc1cccc(Cl)c1. The second kappa shape index (κ2) is 11.8. The summed E-state index contributed by atoms with van der Waals surface area (Å²) in [6.07, 6.45) is 0.528. The Hall–Kier alpha value is -1.69. The number of amides is 2. The molecule has 0 aliphatic carbocycles. The average molecular weight is 481 g/mol. The molecule has 0 spiro atoms. The van der Waals surface area contributed by atoms with Gasteiger partial charge in [0.2, 0.25) is 11.8 Å². The first-order chi connectivity index (χ1) is 14.6. The van der Waals surface area contributed by atoms with Gasteiger partial charge in [-0.2, -0.15) is 0 Å². The van der Waals surface area contributed by atoms with Crippen LogP contribution in [0.3, 0.4) is 0 Å². The van der Waals surface area contributed by atoms with E-state index in [0.29, 0.717) is 28.8 Å². The smallest absolute Gasteiger partial charge is 0.243 e. The summed E-state index contributed by atoms with van der Waals surface area (Å²) in [4.78, 5) is 27.9. The average Bonchev–Trinajstić information content (AvgIpc) is 2.68. The number of nitrogens with zero attached hydrogens (tertiary/aromatic N) is 1. The van der Waals surface area contributed by atoms with Gasteiger partial charge in [0.15, 0.2) is 0 Å². The van der Waals surface area contributed by atoms with Gasteiger partial charge in [0, 0.05) is 27.9 Å². The summed E-state index contributed by atoms with van der Waals surface area (Å²) < 4.78 is 0. The highest BCUT2D eigenvalue weighted by Gasteiger charge is 2.30. The van der Waals surface area contributed by atoms with E-state index in [1.54, 1.807) is 17.0 Å². The summed E-state index contributed by atoms with van der Waals surface area (Å²) in [5.74, 6) is 0.737. The summed E-state index contributed by atoms with van der Waals surface area (Å²) in [7, 11) is 0. The van der Waals surface area contributed by atoms with Crippen LogP contribution in [0, 0.1) is 0 Å². The minimum atomic E-state index is -0.547. The lowest BCUT2D eigenvalue weighted by Gasteiger charge is -2.33. The lowest BCUT2D eigenvalue weighted by atomic mass is 10.1. The Balaban J connectivity index is 2.15. The topological polar surface area (TPSA) is 49.4 Å². The molecule has 0 aromatic heterocycles. The van der Waals surface area contributed by atoms with Gasteiger partial charge in [-0.05, 0) is 62.6 Å². The summed E-state index contributed by atoms with van der Waals surface area (Å²) >= 11 is 13.6. The Labute approximate surface area is 199 Å². The van der Waals surface area contributed by atoms with E-state index in [-0.39, 0.29) is 23.1 Å². The minimum absolute atomic E-state index is 0.0714. The first-order valence-corrected chi connectivity index (χ1v) is 12.2. The van der Waals surface area contributed by atoms with E-state index in [4.69, 9.17) is 23.2 Å². The summed E-state index contributed by atoms with van der Waals surface area (Å²) in [6, 6.07) is 14.4. The van der Waals surface area contributed by atoms with Crippen molar-refractivity contribution in [3.8, 4) is 0 Å². The van der Waals surface area contributed by atoms with Crippen LogP contribution in [0.15, 0.2) is 48.5 Å². The van der Waals surface area contributed by atoms with Crippen molar-refractivity contribution in [3.05, 3.63) is 69.7 Å². The summed E-state index contributed by atoms with van der Waals surface area (Å²) in [6.45, 7) is 8.08. The molecule has 0 radical (unpaired) electrons. The molecule has 31 heavy (non-hydrogen) atoms. The fourth-order valence-electron chi connectivity index (χ4n) is 3.12. The number of benzene rings is 2. The number of hydrogen-bond donors (Lipinski definition) is 1. The zero-order chi connectivity index (χ0) is 23.0. The van der Waals surface area contributed by atoms with Gasteiger partial charge in [0.05, 0.1) is 5.75 Å². The molecule has 168 valence electrons. The van der Waals surface area contributed by atoms with E-state index >= 15 is 0 Å². The summed E-state index contributed by atoms with van der Waals surface area (Å²) in [5.41, 5.74) is 1.62. The van der Waals surface area contributed by atoms with E-state index in [1.807, 2.05) is 64.1 Å². The Bertz CT molecular complexity index is 882. The molecular weight excluding hydrogens is 451 g/mol. The van der Waals surface area contributed by atoms with Crippen molar-refractivity contribution in [1.82, 2.24) is 10.2 Å². The monoisotopic (exact) mass is 480 g/mol. The molecule has 2 aromatic carbocycles. The van der Waals surface area contributed by atoms with E-state index < -0.39 is 6.04 Å². The van der Waals surface area contributed by atoms with Crippen molar-refractivity contribution < 1.29 is 9.59 Å². The molecular formula is C24H30Cl2N2O2S. The first kappa shape index (κ1) is 25.6. The Morgan fingerprint density at radius 2 is 1.71 bits per heavy atom. The zero-order valence-corrected chi connectivity index (χ0v) is 20.8. The molecule has 2 amide bonds. The van der Waals surface area contributed by atoms with Gasteiger partial charge in [0.25, 0.3) is 0 Å². The predicted octanol–water partition coefficient (Wildman–Crippen LogP) is 5.95. The number of nitrogens with one attached hydrogen (secondary N) is 1. The van der Waals surface area contributed by atoms with Crippen LogP contribution in [0.4, 0.5) is 0 Å². The molecule has 2 aromatic rings. The molecule has 2 rings (SSSR count). The van der Waals surface area contributed by atoms with Gasteiger partial charge in [-0.1, -0.05) is 54.4 Å². The van der Waals surface area contributed by atoms with Crippen LogP contribution in [0.5, 0.6) is 0 Å². The molecule has 0 saturated heterocycles. The molecule has 4 nitrogen and oxygen atoms in total. The van der Waals surface area contributed by atoms with E-state index in [9.17, 15) is 9.59 Å². The van der Waals surface area contributed by atoms with Crippen molar-refractivity contribution in [2.75, 3.05) is 5.75 Å². The molecule has 0 aliphatic heterocycles. The third-order valence-electron chi connectivity index (χ3n) is 4.53. The zero-order valence-electron chi connectivity index (χ0n) is 18.5. The van der Waals surface area contributed by atoms with Crippen LogP contribution in [-0.2, 0) is 21.9 Å². The summed E-state index contributed by atoms with van der Waals surface area (Å²) in [5, 5.41) is 4.33. The third-order valence-corrected chi connectivity index (χ3v) is 6.01. The molecule has 7 heteroatoms. The maximum atomic E-state index is 13.2. The van der Waals surface area contributed by atoms with E-state index in [0.717, 1.165) is 11.1 Å². The molecule has 0 saturated carbocycles. The number of thioether (sulfide) groups is 1. The van der Waals surface area contributed by atoms with Crippen molar-refractivity contribution >= 4 is 46.8 Å². The van der Waals surface area contributed by atoms with E-state index in [2.05, 4.69) is 5.32 Å². The fraction of sp³-hybridized carbons (Fsp3) is 0.417. The molecule has 1 atom stereocenters. The lowest BCUT2D eigenvalue weighted by Crippen LogP contribution is -2.53. The van der Waals surface area contributed by atoms with Crippen LogP contribution in [-0.4, -0.2) is 34.0 Å². The maximum absolute atomic E-state index is 13.2. The largest absolute Gasteiger partial charge is 0.350 e. The predicted molar refractivity (Wildman–Crippen MR) is 132 cm³/mol. The molecule has 0 bridgehead atoms. The highest BCUT2D eigenvalue weighted by molar-refractivity contribution is 7.99. The van der Waals surface area contributed by atoms with Gasteiger partial charge in [-0.3, -0.25) is 9.59 Å². The van der Waals surface area contributed by atoms with Crippen LogP contribution in [0.25, 0.3) is 0 Å². The number of hydrogen-bond acceptors (Lipinski definition) is 3. The third kappa shape index (κ3) is 8.76. The number of rotatable bonds is 9. The highest BCUT2D eigenvalue weighted by Crippen LogP contribution is 2.20. The van der Waals surface area contributed by atoms with Crippen LogP contribution in [0.1, 0.15) is 45.2 Å². The second-order valence-corrected chi connectivity index (χ2v) is 10.3. The van der Waals surface area contributed by atoms with Gasteiger partial charge in [-0.25, -0.2) is 0 Å². The fourth-order valence-corrected chi connectivity index (χ4v) is 4.32. The van der Waals surface area contributed by atoms with Gasteiger partial charge >= 0.3 is 0 Å². The van der Waals surface area contributed by atoms with Gasteiger partial charge in [-0.15, -0.1) is 11.8 Å². The van der Waals surface area contributed by atoms with Crippen LogP contribution < -0.4 is 5.32 Å². The van der Waals surface area contributed by atoms with E-state index in [1.165, 1.54) is 11.8 Å². The second-order valence-electron chi connectivity index (χ2n) is 8.43. The van der Waals surface area contributed by atoms with Crippen LogP contribution >= 0.6 is 35.0 Å². The van der Waals surface area contributed by atoms with Crippen molar-refractivity contribution in [2.24, 2.45) is 0 Å². The molecule has 0 heterocycles. The number of carbonyl (C=O) groups is 2. The molecule has 0 aliphatic rings. The molecule has 0 fully saturated rings. The Kier molecular flexibility index (Phi) is 9.73. The highest BCUT2D eigenvalue weighted by atomic mass is 35.5. The number of carbonyl (C=O) groups excluding carboxylic acids is 2. The Morgan fingerprint density at radius 1 is 1.03 bits per heavy atom. The minimum Gasteiger partial charge on any atom is -0.350 e. The van der Waals surface area contributed by atoms with Gasteiger partial charge in [0.1, 0.15) is 6.04 Å². The van der Waals surface area contributed by atoms with Crippen molar-refractivity contribution in [2.45, 2.75) is 58.0 Å².